The Bertz CT molecular complexity index is 951. The number of carbonyl (C=O) groups excluding carboxylic acids is 2. The number of hydrogen-bond donors (Lipinski definition) is 1. The molecule has 2 heterocycles. The molecule has 1 aliphatic rings. The molecular formula is C22H28N4O4S. The summed E-state index contributed by atoms with van der Waals surface area (Å²) in [7, 11) is 2.85. The Morgan fingerprint density at radius 3 is 2.48 bits per heavy atom. The molecule has 2 aromatic rings. The summed E-state index contributed by atoms with van der Waals surface area (Å²) in [5.74, 6) is -0.127. The molecule has 8 nitrogen and oxygen atoms in total. The number of esters is 1. The van der Waals surface area contributed by atoms with Gasteiger partial charge in [0.05, 0.1) is 25.5 Å². The highest BCUT2D eigenvalue weighted by Gasteiger charge is 2.33. The number of hydrazine groups is 1. The normalized spacial score (nSPS) is 16.7. The van der Waals surface area contributed by atoms with Crippen molar-refractivity contribution in [1.82, 2.24) is 9.99 Å². The highest BCUT2D eigenvalue weighted by molar-refractivity contribution is 8.13. The van der Waals surface area contributed by atoms with E-state index in [0.29, 0.717) is 35.9 Å². The van der Waals surface area contributed by atoms with Crippen LogP contribution in [-0.4, -0.2) is 67.2 Å². The highest BCUT2D eigenvalue weighted by Crippen LogP contribution is 2.28. The van der Waals surface area contributed by atoms with Gasteiger partial charge in [0.25, 0.3) is 0 Å². The molecule has 1 fully saturated rings. The van der Waals surface area contributed by atoms with Crippen molar-refractivity contribution < 1.29 is 19.1 Å². The van der Waals surface area contributed by atoms with Crippen LogP contribution in [0.25, 0.3) is 0 Å². The van der Waals surface area contributed by atoms with Crippen LogP contribution in [0.4, 0.5) is 11.4 Å². The molecule has 1 atom stereocenters. The van der Waals surface area contributed by atoms with Gasteiger partial charge >= 0.3 is 5.97 Å². The second-order valence-corrected chi connectivity index (χ2v) is 8.11. The third-order valence-electron chi connectivity index (χ3n) is 5.29. The van der Waals surface area contributed by atoms with E-state index in [1.165, 1.54) is 31.5 Å². The largest absolute Gasteiger partial charge is 0.479 e. The first kappa shape index (κ1) is 22.9. The Morgan fingerprint density at radius 1 is 1.16 bits per heavy atom. The SMILES string of the molecule is COC(=O)c1cc(NN2CCN(c3ccc(C)cc3)CC2C(=O)SC)c(OC)nc1C. The third-order valence-corrected chi connectivity index (χ3v) is 5.97. The maximum atomic E-state index is 12.8. The summed E-state index contributed by atoms with van der Waals surface area (Å²) in [5.41, 5.74) is 6.92. The van der Waals surface area contributed by atoms with Gasteiger partial charge in [-0.25, -0.2) is 14.8 Å². The van der Waals surface area contributed by atoms with Gasteiger partial charge in [-0.05, 0) is 38.3 Å². The average Bonchev–Trinajstić information content (AvgIpc) is 2.79. The zero-order valence-corrected chi connectivity index (χ0v) is 19.3. The van der Waals surface area contributed by atoms with Gasteiger partial charge < -0.3 is 19.8 Å². The van der Waals surface area contributed by atoms with Gasteiger partial charge in [0.1, 0.15) is 11.7 Å². The number of nitrogens with zero attached hydrogens (tertiary/aromatic N) is 3. The van der Waals surface area contributed by atoms with Gasteiger partial charge in [0, 0.05) is 25.3 Å². The Hall–Kier alpha value is -2.78. The Morgan fingerprint density at radius 2 is 1.87 bits per heavy atom. The lowest BCUT2D eigenvalue weighted by Crippen LogP contribution is -2.58. The summed E-state index contributed by atoms with van der Waals surface area (Å²) in [6.07, 6.45) is 1.79. The highest BCUT2D eigenvalue weighted by atomic mass is 32.2. The van der Waals surface area contributed by atoms with Crippen molar-refractivity contribution in [3.8, 4) is 5.88 Å². The van der Waals surface area contributed by atoms with Crippen molar-refractivity contribution >= 4 is 34.2 Å². The van der Waals surface area contributed by atoms with E-state index in [0.717, 1.165) is 12.2 Å². The lowest BCUT2D eigenvalue weighted by Gasteiger charge is -2.41. The van der Waals surface area contributed by atoms with E-state index in [9.17, 15) is 9.59 Å². The van der Waals surface area contributed by atoms with Crippen LogP contribution in [0.3, 0.4) is 0 Å². The van der Waals surface area contributed by atoms with Crippen molar-refractivity contribution in [2.24, 2.45) is 0 Å². The second-order valence-electron chi connectivity index (χ2n) is 7.30. The molecule has 9 heteroatoms. The van der Waals surface area contributed by atoms with Crippen LogP contribution in [0.1, 0.15) is 21.6 Å². The number of rotatable bonds is 6. The number of benzene rings is 1. The van der Waals surface area contributed by atoms with Gasteiger partial charge in [0.15, 0.2) is 0 Å². The number of aromatic nitrogens is 1. The molecule has 1 aromatic carbocycles. The third kappa shape index (κ3) is 5.11. The minimum absolute atomic E-state index is 0.0524. The summed E-state index contributed by atoms with van der Waals surface area (Å²) >= 11 is 1.20. The lowest BCUT2D eigenvalue weighted by atomic mass is 10.1. The van der Waals surface area contributed by atoms with Crippen molar-refractivity contribution in [3.63, 3.8) is 0 Å². The molecule has 0 aliphatic carbocycles. The number of pyridine rings is 1. The van der Waals surface area contributed by atoms with Gasteiger partial charge in [-0.2, -0.15) is 0 Å². The van der Waals surface area contributed by atoms with E-state index in [1.807, 2.05) is 5.01 Å². The van der Waals surface area contributed by atoms with E-state index in [4.69, 9.17) is 9.47 Å². The van der Waals surface area contributed by atoms with Gasteiger partial charge in [-0.1, -0.05) is 29.5 Å². The van der Waals surface area contributed by atoms with Gasteiger partial charge in [-0.15, -0.1) is 0 Å². The zero-order chi connectivity index (χ0) is 22.5. The topological polar surface area (TPSA) is 84.0 Å². The predicted molar refractivity (Wildman–Crippen MR) is 123 cm³/mol. The van der Waals surface area contributed by atoms with Crippen LogP contribution in [-0.2, 0) is 9.53 Å². The Kier molecular flexibility index (Phi) is 7.40. The van der Waals surface area contributed by atoms with Crippen molar-refractivity contribution in [2.45, 2.75) is 19.9 Å². The molecule has 166 valence electrons. The fourth-order valence-corrected chi connectivity index (χ4v) is 4.01. The number of anilines is 2. The molecule has 1 aliphatic heterocycles. The van der Waals surface area contributed by atoms with Gasteiger partial charge in [-0.3, -0.25) is 4.79 Å². The first-order valence-corrected chi connectivity index (χ1v) is 11.2. The minimum atomic E-state index is -0.475. The molecular weight excluding hydrogens is 416 g/mol. The number of nitrogens with one attached hydrogen (secondary N) is 1. The predicted octanol–water partition coefficient (Wildman–Crippen LogP) is 2.90. The van der Waals surface area contributed by atoms with Crippen molar-refractivity contribution in [3.05, 3.63) is 47.2 Å². The number of hydrogen-bond acceptors (Lipinski definition) is 9. The Labute approximate surface area is 186 Å². The summed E-state index contributed by atoms with van der Waals surface area (Å²) in [4.78, 5) is 31.5. The van der Waals surface area contributed by atoms with Crippen LogP contribution in [0, 0.1) is 13.8 Å². The fourth-order valence-electron chi connectivity index (χ4n) is 3.53. The molecule has 0 bridgehead atoms. The standard InChI is InChI=1S/C22H28N4O4S/c1-14-6-8-16(9-7-14)25-10-11-26(19(13-25)22(28)31-5)24-18-12-17(21(27)30-4)15(2)23-20(18)29-3/h6-9,12,19,24H,10-11,13H2,1-5H3. The number of carbonyl (C=O) groups is 2. The second kappa shape index (κ2) is 10.0. The van der Waals surface area contributed by atoms with Gasteiger partial charge in [0.2, 0.25) is 11.0 Å². The number of ether oxygens (including phenoxy) is 2. The summed E-state index contributed by atoms with van der Waals surface area (Å²) < 4.78 is 10.3. The number of piperazine rings is 1. The van der Waals surface area contributed by atoms with Crippen LogP contribution < -0.4 is 15.1 Å². The molecule has 3 rings (SSSR count). The van der Waals surface area contributed by atoms with Crippen LogP contribution in [0.5, 0.6) is 5.88 Å². The average molecular weight is 445 g/mol. The zero-order valence-electron chi connectivity index (χ0n) is 18.5. The number of methoxy groups -OCH3 is 2. The van der Waals surface area contributed by atoms with Crippen molar-refractivity contribution in [1.29, 1.82) is 0 Å². The molecule has 1 saturated heterocycles. The minimum Gasteiger partial charge on any atom is -0.479 e. The molecule has 1 N–H and O–H groups in total. The Balaban J connectivity index is 1.87. The molecule has 1 unspecified atom stereocenters. The molecule has 0 radical (unpaired) electrons. The van der Waals surface area contributed by atoms with E-state index in [1.54, 1.807) is 19.2 Å². The molecule has 0 amide bonds. The maximum absolute atomic E-state index is 12.8. The van der Waals surface area contributed by atoms with E-state index >= 15 is 0 Å². The van der Waals surface area contributed by atoms with Crippen LogP contribution >= 0.6 is 11.8 Å². The smallest absolute Gasteiger partial charge is 0.339 e. The quantitative estimate of drug-likeness (QED) is 0.676. The molecule has 1 aromatic heterocycles. The number of aryl methyl sites for hydroxylation is 2. The summed E-state index contributed by atoms with van der Waals surface area (Å²) in [6.45, 7) is 5.65. The van der Waals surface area contributed by atoms with E-state index < -0.39 is 12.0 Å². The number of thioether (sulfide) groups is 1. The summed E-state index contributed by atoms with van der Waals surface area (Å²) in [5, 5.41) is 1.94. The van der Waals surface area contributed by atoms with Crippen LogP contribution in [0.15, 0.2) is 30.3 Å². The first-order valence-electron chi connectivity index (χ1n) is 9.94. The summed E-state index contributed by atoms with van der Waals surface area (Å²) in [6, 6.07) is 9.56. The maximum Gasteiger partial charge on any atom is 0.339 e. The monoisotopic (exact) mass is 444 g/mol. The first-order chi connectivity index (χ1) is 14.9. The van der Waals surface area contributed by atoms with Crippen molar-refractivity contribution in [2.75, 3.05) is 50.4 Å². The van der Waals surface area contributed by atoms with E-state index in [2.05, 4.69) is 46.5 Å². The lowest BCUT2D eigenvalue weighted by molar-refractivity contribution is -0.115. The molecule has 31 heavy (non-hydrogen) atoms. The van der Waals surface area contributed by atoms with E-state index in [-0.39, 0.29) is 5.12 Å². The fraction of sp³-hybridized carbons (Fsp3) is 0.409. The molecule has 0 spiro atoms. The molecule has 0 saturated carbocycles. The van der Waals surface area contributed by atoms with Crippen LogP contribution in [0.2, 0.25) is 0 Å².